The van der Waals surface area contributed by atoms with Crippen LogP contribution in [-0.4, -0.2) is 35.2 Å². The molecule has 1 aromatic rings. The summed E-state index contributed by atoms with van der Waals surface area (Å²) in [6.45, 7) is 1.05. The maximum atomic E-state index is 13.4. The van der Waals surface area contributed by atoms with E-state index < -0.39 is 11.3 Å². The van der Waals surface area contributed by atoms with Crippen molar-refractivity contribution in [2.75, 3.05) is 24.2 Å². The second kappa shape index (κ2) is 4.55. The smallest absolute Gasteiger partial charge is 0.254 e. The van der Waals surface area contributed by atoms with Gasteiger partial charge >= 0.3 is 0 Å². The number of thioether (sulfide) groups is 1. The molecular formula is C13H14F2N4S. The predicted octanol–water partition coefficient (Wildman–Crippen LogP) is 2.70. The number of hydrogen-bond donors (Lipinski definition) is 0. The largest absolute Gasteiger partial charge is 0.355 e. The molecule has 0 amide bonds. The van der Waals surface area contributed by atoms with E-state index in [1.54, 1.807) is 0 Å². The van der Waals surface area contributed by atoms with E-state index in [1.807, 2.05) is 11.2 Å². The molecule has 4 nitrogen and oxygen atoms in total. The van der Waals surface area contributed by atoms with Crippen LogP contribution in [-0.2, 0) is 0 Å². The topological polar surface area (TPSA) is 52.8 Å². The number of piperidine rings is 1. The Morgan fingerprint density at radius 2 is 2.05 bits per heavy atom. The Kier molecular flexibility index (Phi) is 3.09. The number of rotatable bonds is 2. The molecule has 0 unspecified atom stereocenters. The van der Waals surface area contributed by atoms with E-state index in [9.17, 15) is 8.78 Å². The van der Waals surface area contributed by atoms with Gasteiger partial charge in [0.2, 0.25) is 0 Å². The van der Waals surface area contributed by atoms with Gasteiger partial charge in [0.15, 0.2) is 11.0 Å². The molecule has 1 saturated carbocycles. The zero-order valence-corrected chi connectivity index (χ0v) is 11.9. The Hall–Kier alpha value is -1.42. The van der Waals surface area contributed by atoms with Gasteiger partial charge in [-0.1, -0.05) is 11.8 Å². The maximum Gasteiger partial charge on any atom is 0.254 e. The first-order valence-electron chi connectivity index (χ1n) is 6.45. The third-order valence-electron chi connectivity index (χ3n) is 4.28. The zero-order chi connectivity index (χ0) is 14.4. The summed E-state index contributed by atoms with van der Waals surface area (Å²) < 4.78 is 26.7. The van der Waals surface area contributed by atoms with Crippen molar-refractivity contribution in [3.8, 4) is 6.07 Å². The van der Waals surface area contributed by atoms with Crippen LogP contribution in [0.15, 0.2) is 11.4 Å². The van der Waals surface area contributed by atoms with Gasteiger partial charge in [0, 0.05) is 24.9 Å². The molecule has 1 aliphatic heterocycles. The lowest BCUT2D eigenvalue weighted by atomic mass is 9.93. The molecule has 1 saturated heterocycles. The van der Waals surface area contributed by atoms with Crippen molar-refractivity contribution in [1.82, 2.24) is 9.97 Å². The van der Waals surface area contributed by atoms with Crippen molar-refractivity contribution in [1.29, 1.82) is 5.26 Å². The molecular weight excluding hydrogens is 282 g/mol. The molecule has 106 valence electrons. The molecule has 1 aromatic heterocycles. The van der Waals surface area contributed by atoms with Gasteiger partial charge < -0.3 is 4.90 Å². The van der Waals surface area contributed by atoms with Crippen molar-refractivity contribution < 1.29 is 8.78 Å². The molecule has 1 aliphatic carbocycles. The highest BCUT2D eigenvalue weighted by Gasteiger charge is 2.70. The second-order valence-electron chi connectivity index (χ2n) is 5.35. The summed E-state index contributed by atoms with van der Waals surface area (Å²) in [7, 11) is 0. The van der Waals surface area contributed by atoms with E-state index in [2.05, 4.69) is 16.0 Å². The van der Waals surface area contributed by atoms with Gasteiger partial charge in [-0.25, -0.2) is 18.7 Å². The summed E-state index contributed by atoms with van der Waals surface area (Å²) in [5.41, 5.74) is -0.382. The minimum absolute atomic E-state index is 0.0127. The lowest BCUT2D eigenvalue weighted by Crippen LogP contribution is -2.37. The van der Waals surface area contributed by atoms with Crippen LogP contribution < -0.4 is 4.90 Å². The Morgan fingerprint density at radius 1 is 1.40 bits per heavy atom. The molecule has 7 heteroatoms. The SMILES string of the molecule is CSc1ncc(C#N)c(N2CCC3(CC2)CC3(F)F)n1. The van der Waals surface area contributed by atoms with Crippen LogP contribution in [0.1, 0.15) is 24.8 Å². The van der Waals surface area contributed by atoms with Crippen molar-refractivity contribution in [3.05, 3.63) is 11.8 Å². The number of anilines is 1. The first kappa shape index (κ1) is 13.6. The Bertz CT molecular complexity index is 576. The van der Waals surface area contributed by atoms with Crippen molar-refractivity contribution >= 4 is 17.6 Å². The van der Waals surface area contributed by atoms with Gasteiger partial charge in [-0.15, -0.1) is 0 Å². The highest BCUT2D eigenvalue weighted by atomic mass is 32.2. The number of aromatic nitrogens is 2. The highest BCUT2D eigenvalue weighted by molar-refractivity contribution is 7.98. The zero-order valence-electron chi connectivity index (χ0n) is 11.1. The number of nitrogens with zero attached hydrogens (tertiary/aromatic N) is 4. The maximum absolute atomic E-state index is 13.4. The summed E-state index contributed by atoms with van der Waals surface area (Å²) in [5, 5.41) is 9.72. The van der Waals surface area contributed by atoms with E-state index in [0.29, 0.717) is 42.5 Å². The van der Waals surface area contributed by atoms with Gasteiger partial charge in [0.05, 0.1) is 6.20 Å². The molecule has 1 spiro atoms. The number of halogens is 2. The summed E-state index contributed by atoms with van der Waals surface area (Å²) in [5.74, 6) is -1.92. The van der Waals surface area contributed by atoms with E-state index in [4.69, 9.17) is 5.26 Å². The van der Waals surface area contributed by atoms with Crippen LogP contribution in [0.2, 0.25) is 0 Å². The average Bonchev–Trinajstić information content (AvgIpc) is 2.99. The fourth-order valence-electron chi connectivity index (χ4n) is 2.85. The van der Waals surface area contributed by atoms with Gasteiger partial charge in [0.1, 0.15) is 11.6 Å². The first-order chi connectivity index (χ1) is 9.51. The van der Waals surface area contributed by atoms with Crippen molar-refractivity contribution in [2.45, 2.75) is 30.3 Å². The van der Waals surface area contributed by atoms with E-state index in [0.717, 1.165) is 0 Å². The summed E-state index contributed by atoms with van der Waals surface area (Å²) in [4.78, 5) is 10.4. The Labute approximate surface area is 120 Å². The molecule has 2 fully saturated rings. The Balaban J connectivity index is 1.80. The third-order valence-corrected chi connectivity index (χ3v) is 4.84. The highest BCUT2D eigenvalue weighted by Crippen LogP contribution is 2.65. The van der Waals surface area contributed by atoms with Crippen molar-refractivity contribution in [2.24, 2.45) is 5.41 Å². The molecule has 2 aliphatic rings. The summed E-state index contributed by atoms with van der Waals surface area (Å²) in [6, 6.07) is 2.07. The van der Waals surface area contributed by atoms with Crippen LogP contribution in [0.3, 0.4) is 0 Å². The van der Waals surface area contributed by atoms with Gasteiger partial charge in [0.25, 0.3) is 5.92 Å². The number of hydrogen-bond acceptors (Lipinski definition) is 5. The molecule has 0 aromatic carbocycles. The lowest BCUT2D eigenvalue weighted by Gasteiger charge is -2.33. The van der Waals surface area contributed by atoms with Gasteiger partial charge in [-0.05, 0) is 19.1 Å². The molecule has 0 radical (unpaired) electrons. The van der Waals surface area contributed by atoms with Crippen LogP contribution in [0, 0.1) is 16.7 Å². The summed E-state index contributed by atoms with van der Waals surface area (Å²) in [6.07, 6.45) is 4.30. The predicted molar refractivity (Wildman–Crippen MR) is 72.0 cm³/mol. The van der Waals surface area contributed by atoms with Gasteiger partial charge in [-0.3, -0.25) is 0 Å². The Morgan fingerprint density at radius 3 is 2.55 bits per heavy atom. The molecule has 0 N–H and O–H groups in total. The average molecular weight is 296 g/mol. The normalized spacial score (nSPS) is 22.6. The van der Waals surface area contributed by atoms with Gasteiger partial charge in [-0.2, -0.15) is 5.26 Å². The minimum Gasteiger partial charge on any atom is -0.355 e. The fraction of sp³-hybridized carbons (Fsp3) is 0.615. The quantitative estimate of drug-likeness (QED) is 0.620. The second-order valence-corrected chi connectivity index (χ2v) is 6.13. The first-order valence-corrected chi connectivity index (χ1v) is 7.68. The lowest BCUT2D eigenvalue weighted by molar-refractivity contribution is 0.0536. The minimum atomic E-state index is -2.49. The molecule has 0 bridgehead atoms. The third kappa shape index (κ3) is 2.03. The van der Waals surface area contributed by atoms with Crippen LogP contribution in [0.25, 0.3) is 0 Å². The number of nitriles is 1. The number of alkyl halides is 2. The molecule has 0 atom stereocenters. The van der Waals surface area contributed by atoms with Crippen LogP contribution in [0.4, 0.5) is 14.6 Å². The van der Waals surface area contributed by atoms with E-state index >= 15 is 0 Å². The van der Waals surface area contributed by atoms with Crippen LogP contribution in [0.5, 0.6) is 0 Å². The standard InChI is InChI=1S/C13H14F2N4S/c1-20-11-17-7-9(6-16)10(18-11)19-4-2-12(3-5-19)8-13(12,14)15/h7H,2-5,8H2,1H3. The molecule has 3 rings (SSSR count). The van der Waals surface area contributed by atoms with Crippen molar-refractivity contribution in [3.63, 3.8) is 0 Å². The monoisotopic (exact) mass is 296 g/mol. The fourth-order valence-corrected chi connectivity index (χ4v) is 3.18. The van der Waals surface area contributed by atoms with E-state index in [-0.39, 0.29) is 6.42 Å². The van der Waals surface area contributed by atoms with Crippen LogP contribution >= 0.6 is 11.8 Å². The molecule has 2 heterocycles. The summed E-state index contributed by atoms with van der Waals surface area (Å²) >= 11 is 1.40. The van der Waals surface area contributed by atoms with E-state index in [1.165, 1.54) is 18.0 Å². The molecule has 20 heavy (non-hydrogen) atoms.